The standard InChI is InChI=1S/C20H25NO3S/c1-14(18-12-17(23-3)10-11-19(18)24-4)21-20(22)15(2)25-13-16-8-6-5-7-9-16/h5-12,14-15H,13H2,1-4H3,(H,21,22)/t14-,15-/m1/s1. The lowest BCUT2D eigenvalue weighted by atomic mass is 10.1. The summed E-state index contributed by atoms with van der Waals surface area (Å²) in [5, 5.41) is 2.92. The highest BCUT2D eigenvalue weighted by molar-refractivity contribution is 7.99. The molecule has 0 aliphatic carbocycles. The molecular weight excluding hydrogens is 334 g/mol. The van der Waals surface area contributed by atoms with Crippen molar-refractivity contribution in [2.24, 2.45) is 0 Å². The zero-order valence-corrected chi connectivity index (χ0v) is 15.9. The van der Waals surface area contributed by atoms with Crippen LogP contribution in [0.1, 0.15) is 31.0 Å². The maximum atomic E-state index is 12.5. The summed E-state index contributed by atoms with van der Waals surface area (Å²) in [6, 6.07) is 15.6. The van der Waals surface area contributed by atoms with E-state index in [-0.39, 0.29) is 17.2 Å². The summed E-state index contributed by atoms with van der Waals surface area (Å²) in [6.07, 6.45) is 0. The lowest BCUT2D eigenvalue weighted by Gasteiger charge is -2.20. The highest BCUT2D eigenvalue weighted by Crippen LogP contribution is 2.29. The first kappa shape index (κ1) is 19.2. The van der Waals surface area contributed by atoms with Gasteiger partial charge in [0, 0.05) is 11.3 Å². The molecule has 0 radical (unpaired) electrons. The number of methoxy groups -OCH3 is 2. The predicted molar refractivity (Wildman–Crippen MR) is 103 cm³/mol. The Bertz CT molecular complexity index is 691. The van der Waals surface area contributed by atoms with E-state index >= 15 is 0 Å². The Labute approximate surface area is 153 Å². The minimum Gasteiger partial charge on any atom is -0.497 e. The Kier molecular flexibility index (Phi) is 7.19. The van der Waals surface area contributed by atoms with Gasteiger partial charge in [-0.3, -0.25) is 4.79 Å². The van der Waals surface area contributed by atoms with Crippen LogP contribution >= 0.6 is 11.8 Å². The smallest absolute Gasteiger partial charge is 0.233 e. The molecule has 1 N–H and O–H groups in total. The summed E-state index contributed by atoms with van der Waals surface area (Å²) < 4.78 is 10.7. The second kappa shape index (κ2) is 9.37. The molecule has 0 spiro atoms. The van der Waals surface area contributed by atoms with Crippen molar-refractivity contribution in [2.45, 2.75) is 30.9 Å². The van der Waals surface area contributed by atoms with Crippen LogP contribution in [0.25, 0.3) is 0 Å². The highest BCUT2D eigenvalue weighted by Gasteiger charge is 2.19. The maximum absolute atomic E-state index is 12.5. The molecule has 5 heteroatoms. The largest absolute Gasteiger partial charge is 0.497 e. The van der Waals surface area contributed by atoms with Crippen molar-refractivity contribution in [1.82, 2.24) is 5.32 Å². The van der Waals surface area contributed by atoms with Crippen LogP contribution in [-0.4, -0.2) is 25.4 Å². The molecule has 4 nitrogen and oxygen atoms in total. The van der Waals surface area contributed by atoms with Crippen molar-refractivity contribution in [3.8, 4) is 11.5 Å². The van der Waals surface area contributed by atoms with Gasteiger partial charge in [0.2, 0.25) is 5.91 Å². The van der Waals surface area contributed by atoms with Crippen molar-refractivity contribution >= 4 is 17.7 Å². The number of benzene rings is 2. The number of thioether (sulfide) groups is 1. The zero-order valence-electron chi connectivity index (χ0n) is 15.1. The third kappa shape index (κ3) is 5.43. The summed E-state index contributed by atoms with van der Waals surface area (Å²) in [6.45, 7) is 3.88. The average molecular weight is 359 g/mol. The molecule has 0 saturated carbocycles. The molecule has 2 aromatic carbocycles. The minimum atomic E-state index is -0.169. The molecule has 2 atom stereocenters. The lowest BCUT2D eigenvalue weighted by Crippen LogP contribution is -2.33. The number of rotatable bonds is 8. The van der Waals surface area contributed by atoms with E-state index < -0.39 is 0 Å². The molecule has 2 aromatic rings. The number of hydrogen-bond acceptors (Lipinski definition) is 4. The van der Waals surface area contributed by atoms with Crippen LogP contribution in [0.3, 0.4) is 0 Å². The van der Waals surface area contributed by atoms with Crippen LogP contribution in [0, 0.1) is 0 Å². The fourth-order valence-corrected chi connectivity index (χ4v) is 3.31. The van der Waals surface area contributed by atoms with Crippen LogP contribution in [-0.2, 0) is 10.5 Å². The third-order valence-corrected chi connectivity index (χ3v) is 5.19. The second-order valence-corrected chi connectivity index (χ2v) is 7.11. The van der Waals surface area contributed by atoms with Gasteiger partial charge in [-0.15, -0.1) is 11.8 Å². The molecule has 0 bridgehead atoms. The predicted octanol–water partition coefficient (Wildman–Crippen LogP) is 4.20. The second-order valence-electron chi connectivity index (χ2n) is 5.78. The molecule has 0 unspecified atom stereocenters. The van der Waals surface area contributed by atoms with E-state index in [0.717, 1.165) is 22.8 Å². The van der Waals surface area contributed by atoms with Crippen LogP contribution in [0.15, 0.2) is 48.5 Å². The van der Waals surface area contributed by atoms with Crippen molar-refractivity contribution in [3.05, 3.63) is 59.7 Å². The first-order chi connectivity index (χ1) is 12.0. The maximum Gasteiger partial charge on any atom is 0.233 e. The van der Waals surface area contributed by atoms with Gasteiger partial charge in [0.1, 0.15) is 11.5 Å². The summed E-state index contributed by atoms with van der Waals surface area (Å²) >= 11 is 1.62. The van der Waals surface area contributed by atoms with Gasteiger partial charge in [-0.1, -0.05) is 30.3 Å². The molecule has 0 aliphatic rings. The van der Waals surface area contributed by atoms with Gasteiger partial charge in [0.25, 0.3) is 0 Å². The first-order valence-corrected chi connectivity index (χ1v) is 9.27. The van der Waals surface area contributed by atoms with E-state index in [2.05, 4.69) is 17.4 Å². The van der Waals surface area contributed by atoms with Crippen LogP contribution < -0.4 is 14.8 Å². The van der Waals surface area contributed by atoms with Gasteiger partial charge < -0.3 is 14.8 Å². The van der Waals surface area contributed by atoms with Gasteiger partial charge in [0.05, 0.1) is 25.5 Å². The Morgan fingerprint density at radius 1 is 1.08 bits per heavy atom. The minimum absolute atomic E-state index is 0.0123. The Hall–Kier alpha value is -2.14. The molecule has 134 valence electrons. The molecule has 0 fully saturated rings. The van der Waals surface area contributed by atoms with Crippen molar-refractivity contribution < 1.29 is 14.3 Å². The van der Waals surface area contributed by atoms with Crippen LogP contribution in [0.4, 0.5) is 0 Å². The molecule has 2 rings (SSSR count). The molecule has 0 heterocycles. The number of hydrogen-bond donors (Lipinski definition) is 1. The van der Waals surface area contributed by atoms with E-state index in [4.69, 9.17) is 9.47 Å². The van der Waals surface area contributed by atoms with E-state index in [9.17, 15) is 4.79 Å². The first-order valence-electron chi connectivity index (χ1n) is 8.23. The Morgan fingerprint density at radius 3 is 2.44 bits per heavy atom. The third-order valence-electron chi connectivity index (χ3n) is 3.97. The van der Waals surface area contributed by atoms with E-state index in [1.807, 2.05) is 50.2 Å². The number of amides is 1. The SMILES string of the molecule is COc1ccc(OC)c([C@@H](C)NC(=O)[C@@H](C)SCc2ccccc2)c1. The van der Waals surface area contributed by atoms with E-state index in [1.165, 1.54) is 5.56 Å². The van der Waals surface area contributed by atoms with Crippen molar-refractivity contribution in [3.63, 3.8) is 0 Å². The molecule has 0 aromatic heterocycles. The van der Waals surface area contributed by atoms with Crippen molar-refractivity contribution in [1.29, 1.82) is 0 Å². The molecule has 25 heavy (non-hydrogen) atoms. The van der Waals surface area contributed by atoms with Gasteiger partial charge in [-0.05, 0) is 37.6 Å². The van der Waals surface area contributed by atoms with Crippen LogP contribution in [0.2, 0.25) is 0 Å². The van der Waals surface area contributed by atoms with Gasteiger partial charge in [0.15, 0.2) is 0 Å². The summed E-state index contributed by atoms with van der Waals surface area (Å²) in [7, 11) is 3.25. The zero-order chi connectivity index (χ0) is 18.2. The number of carbonyl (C=O) groups is 1. The number of nitrogens with one attached hydrogen (secondary N) is 1. The molecule has 0 aliphatic heterocycles. The fraction of sp³-hybridized carbons (Fsp3) is 0.350. The normalized spacial score (nSPS) is 13.0. The Balaban J connectivity index is 1.97. The molecule has 0 saturated heterocycles. The summed E-state index contributed by atoms with van der Waals surface area (Å²) in [5.41, 5.74) is 2.12. The number of ether oxygens (including phenoxy) is 2. The monoisotopic (exact) mass is 359 g/mol. The summed E-state index contributed by atoms with van der Waals surface area (Å²) in [5.74, 6) is 2.30. The topological polar surface area (TPSA) is 47.6 Å². The highest BCUT2D eigenvalue weighted by atomic mass is 32.2. The summed E-state index contributed by atoms with van der Waals surface area (Å²) in [4.78, 5) is 12.5. The molecular formula is C20H25NO3S. The van der Waals surface area contributed by atoms with E-state index in [0.29, 0.717) is 0 Å². The van der Waals surface area contributed by atoms with E-state index in [1.54, 1.807) is 26.0 Å². The average Bonchev–Trinajstić information content (AvgIpc) is 2.66. The fourth-order valence-electron chi connectivity index (χ4n) is 2.46. The van der Waals surface area contributed by atoms with Gasteiger partial charge >= 0.3 is 0 Å². The quantitative estimate of drug-likeness (QED) is 0.767. The lowest BCUT2D eigenvalue weighted by molar-refractivity contribution is -0.120. The van der Waals surface area contributed by atoms with Gasteiger partial charge in [-0.2, -0.15) is 0 Å². The Morgan fingerprint density at radius 2 is 1.80 bits per heavy atom. The van der Waals surface area contributed by atoms with Crippen LogP contribution in [0.5, 0.6) is 11.5 Å². The number of carbonyl (C=O) groups excluding carboxylic acids is 1. The van der Waals surface area contributed by atoms with Gasteiger partial charge in [-0.25, -0.2) is 0 Å². The molecule has 1 amide bonds. The van der Waals surface area contributed by atoms with Crippen molar-refractivity contribution in [2.75, 3.05) is 14.2 Å².